The van der Waals surface area contributed by atoms with E-state index in [0.717, 1.165) is 50.2 Å². The van der Waals surface area contributed by atoms with E-state index in [2.05, 4.69) is 38.4 Å². The van der Waals surface area contributed by atoms with Crippen LogP contribution in [0.5, 0.6) is 0 Å². The summed E-state index contributed by atoms with van der Waals surface area (Å²) in [5, 5.41) is 21.2. The van der Waals surface area contributed by atoms with Crippen LogP contribution in [0, 0.1) is 22.7 Å². The zero-order chi connectivity index (χ0) is 27.6. The number of nitrogens with zero attached hydrogens (tertiary/aromatic N) is 6. The highest BCUT2D eigenvalue weighted by Gasteiger charge is 2.46. The number of hydrogen-bond donors (Lipinski definition) is 1. The number of pyridine rings is 1. The molecule has 0 bridgehead atoms. The summed E-state index contributed by atoms with van der Waals surface area (Å²) < 4.78 is 44.0. The molecular formula is C29H34F3N7. The third kappa shape index (κ3) is 6.41. The molecule has 1 N–H and O–H groups in total. The van der Waals surface area contributed by atoms with Crippen LogP contribution in [0.2, 0.25) is 0 Å². The molecule has 39 heavy (non-hydrogen) atoms. The lowest BCUT2D eigenvalue weighted by molar-refractivity contribution is -0.138. The number of aryl methyl sites for hydroxylation is 1. The van der Waals surface area contributed by atoms with E-state index in [1.165, 1.54) is 6.07 Å². The fourth-order valence-corrected chi connectivity index (χ4v) is 5.62. The lowest BCUT2D eigenvalue weighted by atomic mass is 9.86. The van der Waals surface area contributed by atoms with E-state index in [9.17, 15) is 18.4 Å². The SMILES string of the molecule is C[C@H]1CCCN(Cc2cnc(CNc3cccc(C(CC4(C#N)CC4)c4nncn4C)c3)c(C(F)(F)F)c2)C1. The van der Waals surface area contributed by atoms with Crippen molar-refractivity contribution in [3.05, 3.63) is 71.1 Å². The van der Waals surface area contributed by atoms with Crippen molar-refractivity contribution in [1.82, 2.24) is 24.6 Å². The molecule has 5 rings (SSSR count). The quantitative estimate of drug-likeness (QED) is 0.366. The van der Waals surface area contributed by atoms with E-state index in [1.54, 1.807) is 12.5 Å². The number of piperidine rings is 1. The first-order valence-corrected chi connectivity index (χ1v) is 13.5. The van der Waals surface area contributed by atoms with Crippen LogP contribution in [0.1, 0.15) is 73.2 Å². The summed E-state index contributed by atoms with van der Waals surface area (Å²) in [6.07, 6.45) is 3.27. The molecule has 1 saturated heterocycles. The van der Waals surface area contributed by atoms with Crippen LogP contribution < -0.4 is 5.32 Å². The zero-order valence-corrected chi connectivity index (χ0v) is 22.4. The highest BCUT2D eigenvalue weighted by molar-refractivity contribution is 5.48. The molecular weight excluding hydrogens is 503 g/mol. The maximum atomic E-state index is 14.0. The van der Waals surface area contributed by atoms with Crippen LogP contribution >= 0.6 is 0 Å². The minimum absolute atomic E-state index is 0.0325. The number of nitriles is 1. The van der Waals surface area contributed by atoms with Gasteiger partial charge in [0.1, 0.15) is 12.2 Å². The first kappa shape index (κ1) is 27.1. The molecule has 1 unspecified atom stereocenters. The zero-order valence-electron chi connectivity index (χ0n) is 22.4. The second kappa shape index (κ2) is 11.0. The van der Waals surface area contributed by atoms with Crippen molar-refractivity contribution in [3.63, 3.8) is 0 Å². The Kier molecular flexibility index (Phi) is 7.63. The van der Waals surface area contributed by atoms with Gasteiger partial charge in [0, 0.05) is 37.9 Å². The standard InChI is InChI=1S/C29H34F3N7/c1-20-5-4-10-39(16-20)17-21-11-25(29(30,31)32)26(35-14-21)15-34-23-7-3-6-22(12-23)24(13-28(18-33)8-9-28)27-37-36-19-38(27)2/h3,6-7,11-12,14,19-20,24,34H,4-5,8-10,13,15-17H2,1-2H3/t20-,24?/m0/s1. The van der Waals surface area contributed by atoms with Gasteiger partial charge in [-0.05, 0) is 73.9 Å². The predicted molar refractivity (Wildman–Crippen MR) is 141 cm³/mol. The Morgan fingerprint density at radius 3 is 2.74 bits per heavy atom. The minimum atomic E-state index is -4.50. The number of aromatic nitrogens is 4. The van der Waals surface area contributed by atoms with Crippen LogP contribution in [-0.2, 0) is 26.3 Å². The normalized spacial score (nSPS) is 19.8. The van der Waals surface area contributed by atoms with E-state index in [4.69, 9.17) is 0 Å². The van der Waals surface area contributed by atoms with Gasteiger partial charge >= 0.3 is 6.18 Å². The molecule has 2 aromatic heterocycles. The lowest BCUT2D eigenvalue weighted by Crippen LogP contribution is -2.33. The van der Waals surface area contributed by atoms with E-state index in [0.29, 0.717) is 30.1 Å². The maximum Gasteiger partial charge on any atom is 0.418 e. The summed E-state index contributed by atoms with van der Waals surface area (Å²) in [5.74, 6) is 1.16. The van der Waals surface area contributed by atoms with Crippen molar-refractivity contribution in [2.75, 3.05) is 18.4 Å². The molecule has 2 aliphatic rings. The van der Waals surface area contributed by atoms with Crippen molar-refractivity contribution >= 4 is 5.69 Å². The van der Waals surface area contributed by atoms with Gasteiger partial charge in [-0.3, -0.25) is 9.88 Å². The number of likely N-dealkylation sites (tertiary alicyclic amines) is 1. The minimum Gasteiger partial charge on any atom is -0.379 e. The Balaban J connectivity index is 1.34. The molecule has 1 aromatic carbocycles. The molecule has 2 fully saturated rings. The third-order valence-electron chi connectivity index (χ3n) is 7.97. The largest absolute Gasteiger partial charge is 0.418 e. The summed E-state index contributed by atoms with van der Waals surface area (Å²) in [6.45, 7) is 4.39. The van der Waals surface area contributed by atoms with Gasteiger partial charge in [-0.2, -0.15) is 18.4 Å². The van der Waals surface area contributed by atoms with Gasteiger partial charge in [0.25, 0.3) is 0 Å². The number of halogens is 3. The van der Waals surface area contributed by atoms with E-state index in [1.807, 2.05) is 35.9 Å². The Hall–Kier alpha value is -3.45. The summed E-state index contributed by atoms with van der Waals surface area (Å²) >= 11 is 0. The molecule has 7 nitrogen and oxygen atoms in total. The van der Waals surface area contributed by atoms with Gasteiger partial charge in [0.15, 0.2) is 0 Å². The van der Waals surface area contributed by atoms with E-state index in [-0.39, 0.29) is 23.6 Å². The molecule has 10 heteroatoms. The Morgan fingerprint density at radius 2 is 2.08 bits per heavy atom. The highest BCUT2D eigenvalue weighted by Crippen LogP contribution is 2.52. The second-order valence-corrected chi connectivity index (χ2v) is 11.2. The molecule has 0 spiro atoms. The number of alkyl halides is 3. The number of rotatable bonds is 9. The van der Waals surface area contributed by atoms with Crippen LogP contribution in [0.25, 0.3) is 0 Å². The van der Waals surface area contributed by atoms with Crippen molar-refractivity contribution in [2.24, 2.45) is 18.4 Å². The predicted octanol–water partition coefficient (Wildman–Crippen LogP) is 5.90. The Bertz CT molecular complexity index is 1340. The molecule has 2 atom stereocenters. The molecule has 3 heterocycles. The van der Waals surface area contributed by atoms with Gasteiger partial charge in [-0.1, -0.05) is 19.1 Å². The number of anilines is 1. The van der Waals surface area contributed by atoms with Gasteiger partial charge in [-0.15, -0.1) is 10.2 Å². The van der Waals surface area contributed by atoms with Gasteiger partial charge in [0.2, 0.25) is 0 Å². The van der Waals surface area contributed by atoms with Crippen LogP contribution in [-0.4, -0.2) is 37.7 Å². The summed E-state index contributed by atoms with van der Waals surface area (Å²) in [4.78, 5) is 6.46. The molecule has 1 aliphatic heterocycles. The molecule has 1 saturated carbocycles. The number of hydrogen-bond acceptors (Lipinski definition) is 6. The van der Waals surface area contributed by atoms with Gasteiger partial charge in [-0.25, -0.2) is 0 Å². The lowest BCUT2D eigenvalue weighted by Gasteiger charge is -2.31. The average molecular weight is 538 g/mol. The highest BCUT2D eigenvalue weighted by atomic mass is 19.4. The van der Waals surface area contributed by atoms with Gasteiger partial charge in [0.05, 0.1) is 29.3 Å². The summed E-state index contributed by atoms with van der Waals surface area (Å²) in [5.41, 5.74) is 1.11. The average Bonchev–Trinajstić information content (AvgIpc) is 3.57. The number of nitrogens with one attached hydrogen (secondary N) is 1. The number of benzene rings is 1. The fourth-order valence-electron chi connectivity index (χ4n) is 5.62. The van der Waals surface area contributed by atoms with Gasteiger partial charge < -0.3 is 9.88 Å². The molecule has 1 aliphatic carbocycles. The summed E-state index contributed by atoms with van der Waals surface area (Å²) in [7, 11) is 1.87. The van der Waals surface area contributed by atoms with Crippen LogP contribution in [0.15, 0.2) is 42.9 Å². The van der Waals surface area contributed by atoms with Crippen molar-refractivity contribution < 1.29 is 13.2 Å². The monoisotopic (exact) mass is 537 g/mol. The fraction of sp³-hybridized carbons (Fsp3) is 0.517. The second-order valence-electron chi connectivity index (χ2n) is 11.2. The van der Waals surface area contributed by atoms with E-state index >= 15 is 0 Å². The van der Waals surface area contributed by atoms with Crippen LogP contribution in [0.3, 0.4) is 0 Å². The topological polar surface area (TPSA) is 82.7 Å². The van der Waals surface area contributed by atoms with E-state index < -0.39 is 11.7 Å². The molecule has 3 aromatic rings. The summed E-state index contributed by atoms with van der Waals surface area (Å²) in [6, 6.07) is 11.3. The smallest absolute Gasteiger partial charge is 0.379 e. The van der Waals surface area contributed by atoms with Crippen molar-refractivity contribution in [1.29, 1.82) is 5.26 Å². The first-order valence-electron chi connectivity index (χ1n) is 13.5. The Labute approximate surface area is 227 Å². The molecule has 0 amide bonds. The first-order chi connectivity index (χ1) is 18.7. The van der Waals surface area contributed by atoms with Crippen molar-refractivity contribution in [3.8, 4) is 6.07 Å². The molecule has 0 radical (unpaired) electrons. The molecule has 206 valence electrons. The van der Waals surface area contributed by atoms with Crippen LogP contribution in [0.4, 0.5) is 18.9 Å². The van der Waals surface area contributed by atoms with Crippen molar-refractivity contribution in [2.45, 2.75) is 64.2 Å². The Morgan fingerprint density at radius 1 is 1.26 bits per heavy atom. The maximum absolute atomic E-state index is 14.0. The third-order valence-corrected chi connectivity index (χ3v) is 7.97.